The molecule has 0 aliphatic heterocycles. The van der Waals surface area contributed by atoms with Crippen molar-refractivity contribution in [2.75, 3.05) is 0 Å². The molecule has 0 fully saturated rings. The maximum atomic E-state index is 6.34. The molecule has 6 aromatic carbocycles. The summed E-state index contributed by atoms with van der Waals surface area (Å²) in [5, 5.41) is 4.73. The van der Waals surface area contributed by atoms with Crippen molar-refractivity contribution in [1.29, 1.82) is 0 Å². The molecule has 0 bridgehead atoms. The molecule has 0 N–H and O–H groups in total. The van der Waals surface area contributed by atoms with Crippen LogP contribution in [0, 0.1) is 19.9 Å². The van der Waals surface area contributed by atoms with Crippen LogP contribution in [0.4, 0.5) is 0 Å². The van der Waals surface area contributed by atoms with Crippen LogP contribution in [0.3, 0.4) is 0 Å². The van der Waals surface area contributed by atoms with Crippen LogP contribution in [0.2, 0.25) is 0 Å². The molecule has 0 saturated carbocycles. The number of rotatable bonds is 4. The summed E-state index contributed by atoms with van der Waals surface area (Å²) in [5.41, 5.74) is 12.1. The number of para-hydroxylation sites is 2. The Morgan fingerprint density at radius 3 is 1.98 bits per heavy atom. The number of aromatic nitrogens is 3. The predicted octanol–water partition coefficient (Wildman–Crippen LogP) is 10.6. The zero-order valence-electron chi connectivity index (χ0n) is 25.3. The van der Waals surface area contributed by atoms with E-state index >= 15 is 0 Å². The van der Waals surface area contributed by atoms with Crippen LogP contribution in [-0.4, -0.2) is 14.1 Å². The summed E-state index contributed by atoms with van der Waals surface area (Å²) in [6.07, 6.45) is 3.89. The van der Waals surface area contributed by atoms with E-state index in [1.165, 1.54) is 38.5 Å². The SMILES string of the molecule is Cc1cc(-c2ccc3oc4ccc(-n5c6ccccc6c6ccccc65)cc4c3c2)cc(C)c1-n1ccnc1-c1[c-]cccc1.[Ir]. The molecule has 1 radical (unpaired) electrons. The molecule has 3 heterocycles. The average Bonchev–Trinajstić information content (AvgIpc) is 3.78. The van der Waals surface area contributed by atoms with Gasteiger partial charge >= 0.3 is 0 Å². The van der Waals surface area contributed by atoms with Crippen molar-refractivity contribution in [2.45, 2.75) is 13.8 Å². The second-order valence-electron chi connectivity index (χ2n) is 11.7. The first-order valence-electron chi connectivity index (χ1n) is 15.2. The number of fused-ring (bicyclic) bond motifs is 6. The van der Waals surface area contributed by atoms with Gasteiger partial charge in [0.25, 0.3) is 0 Å². The molecule has 0 amide bonds. The first-order valence-corrected chi connectivity index (χ1v) is 15.2. The van der Waals surface area contributed by atoms with E-state index < -0.39 is 0 Å². The third-order valence-electron chi connectivity index (χ3n) is 8.95. The number of hydrogen-bond acceptors (Lipinski definition) is 2. The van der Waals surface area contributed by atoms with E-state index in [1.807, 2.05) is 30.6 Å². The summed E-state index contributed by atoms with van der Waals surface area (Å²) in [5.74, 6) is 0.889. The molecule has 9 rings (SSSR count). The van der Waals surface area contributed by atoms with Gasteiger partial charge < -0.3 is 13.6 Å². The van der Waals surface area contributed by atoms with Crippen molar-refractivity contribution in [2.24, 2.45) is 0 Å². The molecular formula is C41H28IrN3O-. The Balaban J connectivity index is 0.00000312. The van der Waals surface area contributed by atoms with Gasteiger partial charge in [0.2, 0.25) is 0 Å². The van der Waals surface area contributed by atoms with Gasteiger partial charge in [-0.05, 0) is 90.7 Å². The Bertz CT molecular complexity index is 2490. The molecular weight excluding hydrogens is 743 g/mol. The summed E-state index contributed by atoms with van der Waals surface area (Å²) in [7, 11) is 0. The normalized spacial score (nSPS) is 11.5. The fourth-order valence-corrected chi connectivity index (χ4v) is 7.00. The van der Waals surface area contributed by atoms with Crippen molar-refractivity contribution in [3.8, 4) is 33.9 Å². The fourth-order valence-electron chi connectivity index (χ4n) is 7.00. The van der Waals surface area contributed by atoms with E-state index in [2.05, 4.69) is 137 Å². The summed E-state index contributed by atoms with van der Waals surface area (Å²) in [4.78, 5) is 4.66. The molecule has 46 heavy (non-hydrogen) atoms. The minimum atomic E-state index is 0. The van der Waals surface area contributed by atoms with Crippen LogP contribution in [0.1, 0.15) is 11.1 Å². The van der Waals surface area contributed by atoms with Gasteiger partial charge in [0.15, 0.2) is 0 Å². The first-order chi connectivity index (χ1) is 22.1. The molecule has 4 nitrogen and oxygen atoms in total. The Morgan fingerprint density at radius 2 is 1.28 bits per heavy atom. The maximum absolute atomic E-state index is 6.34. The van der Waals surface area contributed by atoms with E-state index in [1.54, 1.807) is 0 Å². The van der Waals surface area contributed by atoms with Gasteiger partial charge in [-0.1, -0.05) is 42.5 Å². The summed E-state index contributed by atoms with van der Waals surface area (Å²) in [6.45, 7) is 4.35. The van der Waals surface area contributed by atoms with Crippen molar-refractivity contribution in [3.63, 3.8) is 0 Å². The van der Waals surface area contributed by atoms with Gasteiger partial charge in [0, 0.05) is 65.4 Å². The van der Waals surface area contributed by atoms with E-state index in [0.717, 1.165) is 50.3 Å². The minimum absolute atomic E-state index is 0. The van der Waals surface area contributed by atoms with Crippen molar-refractivity contribution in [3.05, 3.63) is 151 Å². The van der Waals surface area contributed by atoms with Crippen molar-refractivity contribution >= 4 is 43.7 Å². The molecule has 0 aliphatic carbocycles. The number of nitrogens with zero attached hydrogens (tertiary/aromatic N) is 3. The van der Waals surface area contributed by atoms with E-state index in [4.69, 9.17) is 4.42 Å². The molecule has 0 unspecified atom stereocenters. The Morgan fingerprint density at radius 1 is 0.630 bits per heavy atom. The Labute approximate surface area is 279 Å². The molecule has 0 atom stereocenters. The second-order valence-corrected chi connectivity index (χ2v) is 11.7. The van der Waals surface area contributed by atoms with Crippen LogP contribution >= 0.6 is 0 Å². The van der Waals surface area contributed by atoms with E-state index in [0.29, 0.717) is 0 Å². The van der Waals surface area contributed by atoms with Crippen molar-refractivity contribution < 1.29 is 24.5 Å². The van der Waals surface area contributed by atoms with Gasteiger partial charge in [-0.2, -0.15) is 0 Å². The standard InChI is InChI=1S/C41H28N3O.Ir/c1-26-22-30(23-27(2)40(26)43-21-20-42-41(43)28-10-4-3-5-11-28)29-16-18-38-34(24-29)35-25-31(17-19-39(35)45-38)44-36-14-8-6-12-32(36)33-13-7-9-15-37(33)44;/h3-10,12-25H,1-2H3;/q-1;. The number of imidazole rings is 1. The Hall–Kier alpha value is -5.22. The zero-order chi connectivity index (χ0) is 30.1. The minimum Gasteiger partial charge on any atom is -0.456 e. The second kappa shape index (κ2) is 11.0. The number of aryl methyl sites for hydroxylation is 2. The average molecular weight is 771 g/mol. The van der Waals surface area contributed by atoms with Gasteiger partial charge in [0.05, 0.1) is 16.9 Å². The largest absolute Gasteiger partial charge is 0.456 e. The Kier molecular flexibility index (Phi) is 6.75. The van der Waals surface area contributed by atoms with Crippen LogP contribution in [0.25, 0.3) is 77.6 Å². The van der Waals surface area contributed by atoms with Gasteiger partial charge in [-0.3, -0.25) is 4.98 Å². The van der Waals surface area contributed by atoms with Crippen LogP contribution in [-0.2, 0) is 20.1 Å². The molecule has 5 heteroatoms. The summed E-state index contributed by atoms with van der Waals surface area (Å²) >= 11 is 0. The predicted molar refractivity (Wildman–Crippen MR) is 184 cm³/mol. The van der Waals surface area contributed by atoms with Gasteiger partial charge in [-0.15, -0.1) is 35.9 Å². The number of furan rings is 1. The van der Waals surface area contributed by atoms with Gasteiger partial charge in [-0.25, -0.2) is 0 Å². The number of hydrogen-bond donors (Lipinski definition) is 0. The van der Waals surface area contributed by atoms with Crippen molar-refractivity contribution in [1.82, 2.24) is 14.1 Å². The molecule has 3 aromatic heterocycles. The number of benzene rings is 6. The molecule has 9 aromatic rings. The molecule has 223 valence electrons. The molecule has 0 saturated heterocycles. The summed E-state index contributed by atoms with van der Waals surface area (Å²) in [6, 6.07) is 46.2. The smallest absolute Gasteiger partial charge is 0.135 e. The van der Waals surface area contributed by atoms with Gasteiger partial charge in [0.1, 0.15) is 11.2 Å². The quantitative estimate of drug-likeness (QED) is 0.167. The zero-order valence-corrected chi connectivity index (χ0v) is 27.7. The fraction of sp³-hybridized carbons (Fsp3) is 0.0488. The van der Waals surface area contributed by atoms with E-state index in [9.17, 15) is 0 Å². The topological polar surface area (TPSA) is 35.9 Å². The maximum Gasteiger partial charge on any atom is 0.135 e. The van der Waals surface area contributed by atoms with E-state index in [-0.39, 0.29) is 20.1 Å². The van der Waals surface area contributed by atoms with Crippen LogP contribution in [0.15, 0.2) is 138 Å². The molecule has 0 spiro atoms. The monoisotopic (exact) mass is 771 g/mol. The third-order valence-corrected chi connectivity index (χ3v) is 8.95. The summed E-state index contributed by atoms with van der Waals surface area (Å²) < 4.78 is 10.9. The third kappa shape index (κ3) is 4.35. The first kappa shape index (κ1) is 28.3. The van der Waals surface area contributed by atoms with Crippen LogP contribution < -0.4 is 0 Å². The van der Waals surface area contributed by atoms with Crippen LogP contribution in [0.5, 0.6) is 0 Å². The molecule has 0 aliphatic rings.